The minimum absolute atomic E-state index is 0.155. The topological polar surface area (TPSA) is 85.7 Å². The van der Waals surface area contributed by atoms with E-state index in [1.165, 1.54) is 6.42 Å². The molecule has 8 atom stereocenters. The molecule has 5 rings (SSSR count). The van der Waals surface area contributed by atoms with Crippen LogP contribution in [0.5, 0.6) is 0 Å². The third-order valence-corrected chi connectivity index (χ3v) is 7.35. The highest BCUT2D eigenvalue weighted by Gasteiger charge is 2.69. The third kappa shape index (κ3) is 2.85. The predicted molar refractivity (Wildman–Crippen MR) is 94.7 cm³/mol. The standard InChI is InChI=1S/C19H31N3O4/c1-12-7-8-15-13(2)16(6-4-5-11-21-22-20)23-17-19(15)14(12)9-10-18(3,24-17)25-26-19/h12-17H,4-11H2,1-3H3/t12-,13-,14+,15+,16-,17-,18+,19+/m1/s1. The van der Waals surface area contributed by atoms with Crippen LogP contribution in [0.2, 0.25) is 0 Å². The second-order valence-corrected chi connectivity index (χ2v) is 8.89. The molecule has 0 radical (unpaired) electrons. The highest BCUT2D eigenvalue weighted by Crippen LogP contribution is 2.60. The highest BCUT2D eigenvalue weighted by molar-refractivity contribution is 5.09. The molecular weight excluding hydrogens is 334 g/mol. The van der Waals surface area contributed by atoms with Crippen molar-refractivity contribution in [2.45, 2.75) is 89.5 Å². The largest absolute Gasteiger partial charge is 0.346 e. The van der Waals surface area contributed by atoms with E-state index in [9.17, 15) is 0 Å². The molecule has 4 aliphatic heterocycles. The molecule has 0 amide bonds. The van der Waals surface area contributed by atoms with Crippen LogP contribution in [0.1, 0.15) is 65.7 Å². The summed E-state index contributed by atoms with van der Waals surface area (Å²) in [5.41, 5.74) is 7.94. The summed E-state index contributed by atoms with van der Waals surface area (Å²) < 4.78 is 12.9. The van der Waals surface area contributed by atoms with Crippen LogP contribution >= 0.6 is 0 Å². The van der Waals surface area contributed by atoms with Gasteiger partial charge in [-0.3, -0.25) is 0 Å². The molecule has 26 heavy (non-hydrogen) atoms. The Morgan fingerprint density at radius 1 is 1.12 bits per heavy atom. The molecule has 0 N–H and O–H groups in total. The molecule has 2 bridgehead atoms. The number of nitrogens with zero attached hydrogens (tertiary/aromatic N) is 3. The summed E-state index contributed by atoms with van der Waals surface area (Å²) in [7, 11) is 0. The van der Waals surface area contributed by atoms with Crippen molar-refractivity contribution in [2.24, 2.45) is 28.8 Å². The van der Waals surface area contributed by atoms with Gasteiger partial charge in [0.2, 0.25) is 5.79 Å². The molecular formula is C19H31N3O4. The lowest BCUT2D eigenvalue weighted by Gasteiger charge is -2.60. The van der Waals surface area contributed by atoms with Gasteiger partial charge in [-0.15, -0.1) is 0 Å². The van der Waals surface area contributed by atoms with E-state index in [0.717, 1.165) is 38.5 Å². The van der Waals surface area contributed by atoms with E-state index in [4.69, 9.17) is 24.8 Å². The van der Waals surface area contributed by atoms with Gasteiger partial charge in [0, 0.05) is 23.8 Å². The van der Waals surface area contributed by atoms with Crippen molar-refractivity contribution in [3.63, 3.8) is 0 Å². The van der Waals surface area contributed by atoms with E-state index in [2.05, 4.69) is 23.9 Å². The molecule has 0 aromatic carbocycles. The lowest BCUT2D eigenvalue weighted by molar-refractivity contribution is -0.571. The van der Waals surface area contributed by atoms with Crippen LogP contribution in [0.3, 0.4) is 0 Å². The van der Waals surface area contributed by atoms with Gasteiger partial charge in [-0.2, -0.15) is 0 Å². The molecule has 1 aliphatic carbocycles. The van der Waals surface area contributed by atoms with Crippen LogP contribution in [0, 0.1) is 23.7 Å². The number of azide groups is 1. The molecule has 1 saturated carbocycles. The molecule has 4 saturated heterocycles. The summed E-state index contributed by atoms with van der Waals surface area (Å²) in [4.78, 5) is 14.8. The van der Waals surface area contributed by atoms with Gasteiger partial charge in [0.05, 0.1) is 6.10 Å². The molecule has 7 nitrogen and oxygen atoms in total. The average molecular weight is 365 g/mol. The van der Waals surface area contributed by atoms with Crippen molar-refractivity contribution in [3.8, 4) is 0 Å². The number of fused-ring (bicyclic) bond motifs is 2. The normalized spacial score (nSPS) is 49.8. The Morgan fingerprint density at radius 3 is 2.77 bits per heavy atom. The Kier molecular flexibility index (Phi) is 4.95. The fourth-order valence-electron chi connectivity index (χ4n) is 5.88. The van der Waals surface area contributed by atoms with Gasteiger partial charge in [0.1, 0.15) is 0 Å². The SMILES string of the molecule is C[C@H]1[C@@H](CCCCN=[N+]=[N-])O[C@@H]2O[C@]3(C)CC[C@H]4[C@H](C)CC[C@@H]1[C@]24OO3. The molecule has 0 aromatic rings. The van der Waals surface area contributed by atoms with Crippen molar-refractivity contribution in [1.82, 2.24) is 0 Å². The second kappa shape index (κ2) is 6.95. The summed E-state index contributed by atoms with van der Waals surface area (Å²) in [6, 6.07) is 0. The van der Waals surface area contributed by atoms with Crippen LogP contribution in [0.25, 0.3) is 10.4 Å². The zero-order valence-electron chi connectivity index (χ0n) is 16.1. The molecule has 4 heterocycles. The monoisotopic (exact) mass is 365 g/mol. The summed E-state index contributed by atoms with van der Waals surface area (Å²) >= 11 is 0. The number of ether oxygens (including phenoxy) is 2. The van der Waals surface area contributed by atoms with E-state index in [1.54, 1.807) is 0 Å². The summed E-state index contributed by atoms with van der Waals surface area (Å²) in [6.07, 6.45) is 6.95. The minimum Gasteiger partial charge on any atom is -0.346 e. The first-order valence-corrected chi connectivity index (χ1v) is 10.2. The fourth-order valence-corrected chi connectivity index (χ4v) is 5.88. The average Bonchev–Trinajstić information content (AvgIpc) is 2.85. The van der Waals surface area contributed by atoms with Crippen LogP contribution in [0.4, 0.5) is 0 Å². The van der Waals surface area contributed by atoms with Crippen molar-refractivity contribution < 1.29 is 19.2 Å². The Balaban J connectivity index is 1.55. The van der Waals surface area contributed by atoms with Gasteiger partial charge in [0.15, 0.2) is 11.9 Å². The predicted octanol–water partition coefficient (Wildman–Crippen LogP) is 4.72. The number of unbranched alkanes of at least 4 members (excludes halogenated alkanes) is 1. The quantitative estimate of drug-likeness (QED) is 0.232. The molecule has 1 spiro atoms. The van der Waals surface area contributed by atoms with E-state index in [1.807, 2.05) is 6.92 Å². The number of hydrogen-bond acceptors (Lipinski definition) is 5. The van der Waals surface area contributed by atoms with Gasteiger partial charge in [-0.05, 0) is 62.3 Å². The van der Waals surface area contributed by atoms with Crippen LogP contribution < -0.4 is 0 Å². The van der Waals surface area contributed by atoms with Gasteiger partial charge in [0.25, 0.3) is 0 Å². The number of hydrogen-bond donors (Lipinski definition) is 0. The lowest BCUT2D eigenvalue weighted by atomic mass is 9.57. The lowest BCUT2D eigenvalue weighted by Crippen LogP contribution is -2.70. The summed E-state index contributed by atoms with van der Waals surface area (Å²) in [6.45, 7) is 7.15. The molecule has 5 aliphatic rings. The van der Waals surface area contributed by atoms with Crippen molar-refractivity contribution in [3.05, 3.63) is 10.4 Å². The molecule has 146 valence electrons. The zero-order valence-corrected chi connectivity index (χ0v) is 16.1. The van der Waals surface area contributed by atoms with E-state index in [0.29, 0.717) is 30.2 Å². The van der Waals surface area contributed by atoms with Crippen molar-refractivity contribution in [1.29, 1.82) is 0 Å². The van der Waals surface area contributed by atoms with E-state index in [-0.39, 0.29) is 12.4 Å². The van der Waals surface area contributed by atoms with E-state index < -0.39 is 11.4 Å². The maximum absolute atomic E-state index is 8.41. The molecule has 0 aromatic heterocycles. The Morgan fingerprint density at radius 2 is 1.96 bits per heavy atom. The number of rotatable bonds is 5. The molecule has 5 fully saturated rings. The zero-order chi connectivity index (χ0) is 18.4. The van der Waals surface area contributed by atoms with Crippen molar-refractivity contribution in [2.75, 3.05) is 6.54 Å². The van der Waals surface area contributed by atoms with Gasteiger partial charge >= 0.3 is 0 Å². The molecule has 0 unspecified atom stereocenters. The second-order valence-electron chi connectivity index (χ2n) is 8.89. The first-order valence-electron chi connectivity index (χ1n) is 10.2. The summed E-state index contributed by atoms with van der Waals surface area (Å²) in [5.74, 6) is 1.11. The van der Waals surface area contributed by atoms with Crippen LogP contribution in [0.15, 0.2) is 5.11 Å². The van der Waals surface area contributed by atoms with Gasteiger partial charge < -0.3 is 9.47 Å². The van der Waals surface area contributed by atoms with Gasteiger partial charge in [-0.25, -0.2) is 9.78 Å². The maximum atomic E-state index is 8.41. The van der Waals surface area contributed by atoms with Gasteiger partial charge in [-0.1, -0.05) is 25.4 Å². The minimum atomic E-state index is -0.704. The Bertz CT molecular complexity index is 583. The van der Waals surface area contributed by atoms with Crippen molar-refractivity contribution >= 4 is 0 Å². The first kappa shape index (κ1) is 18.5. The third-order valence-electron chi connectivity index (χ3n) is 7.35. The first-order chi connectivity index (χ1) is 12.5. The summed E-state index contributed by atoms with van der Waals surface area (Å²) in [5, 5.41) is 3.63. The van der Waals surface area contributed by atoms with E-state index >= 15 is 0 Å². The Hall–Kier alpha value is -0.850. The fraction of sp³-hybridized carbons (Fsp3) is 1.00. The maximum Gasteiger partial charge on any atom is 0.201 e. The van der Waals surface area contributed by atoms with Crippen LogP contribution in [-0.2, 0) is 19.2 Å². The smallest absolute Gasteiger partial charge is 0.201 e. The Labute approximate surface area is 155 Å². The highest BCUT2D eigenvalue weighted by atomic mass is 17.3. The molecule has 7 heteroatoms. The van der Waals surface area contributed by atoms with Crippen LogP contribution in [-0.4, -0.2) is 30.3 Å².